The number of carboxylic acid groups (broad SMARTS) is 1. The van der Waals surface area contributed by atoms with Gasteiger partial charge in [-0.15, -0.1) is 0 Å². The number of methoxy groups -OCH3 is 1. The van der Waals surface area contributed by atoms with E-state index in [0.29, 0.717) is 11.8 Å². The van der Waals surface area contributed by atoms with E-state index in [2.05, 4.69) is 0 Å². The summed E-state index contributed by atoms with van der Waals surface area (Å²) < 4.78 is 5.50. The molecule has 0 heterocycles. The lowest BCUT2D eigenvalue weighted by Gasteiger charge is -2.30. The van der Waals surface area contributed by atoms with Gasteiger partial charge in [-0.1, -0.05) is 0 Å². The van der Waals surface area contributed by atoms with Gasteiger partial charge in [-0.05, 0) is 37.5 Å². The zero-order chi connectivity index (χ0) is 26.2. The number of ether oxygens (including phenoxy) is 1. The lowest BCUT2D eigenvalue weighted by Crippen LogP contribution is -2.24. The van der Waals surface area contributed by atoms with Crippen molar-refractivity contribution in [3.8, 4) is 39.9 Å². The molecule has 0 bridgehead atoms. The molecule has 0 radical (unpaired) electrons. The maximum absolute atomic E-state index is 13.5. The molecular formula is C26H18O10. The summed E-state index contributed by atoms with van der Waals surface area (Å²) in [5, 5.41) is 52.6. The fourth-order valence-electron chi connectivity index (χ4n) is 5.16. The number of phenols is 4. The average Bonchev–Trinajstić information content (AvgIpc) is 2.84. The smallest absolute Gasteiger partial charge is 0.340 e. The Hall–Kier alpha value is -4.86. The summed E-state index contributed by atoms with van der Waals surface area (Å²) in [7, 11) is 1.25. The Morgan fingerprint density at radius 3 is 2.19 bits per heavy atom. The molecule has 10 heteroatoms. The van der Waals surface area contributed by atoms with Crippen LogP contribution in [0.25, 0.3) is 11.1 Å². The van der Waals surface area contributed by atoms with Crippen LogP contribution in [0.3, 0.4) is 0 Å². The number of carboxylic acids is 1. The molecule has 0 spiro atoms. The second kappa shape index (κ2) is 7.57. The van der Waals surface area contributed by atoms with Crippen molar-refractivity contribution in [3.05, 3.63) is 62.2 Å². The minimum absolute atomic E-state index is 0.00877. The second-order valence-electron chi connectivity index (χ2n) is 8.58. The minimum atomic E-state index is -1.57. The molecule has 182 valence electrons. The van der Waals surface area contributed by atoms with Crippen molar-refractivity contribution in [1.29, 1.82) is 0 Å². The van der Waals surface area contributed by atoms with Crippen LogP contribution in [0.5, 0.6) is 28.7 Å². The third-order valence-electron chi connectivity index (χ3n) is 6.83. The molecule has 0 atom stereocenters. The van der Waals surface area contributed by atoms with Gasteiger partial charge in [0.2, 0.25) is 5.78 Å². The first-order valence-corrected chi connectivity index (χ1v) is 10.7. The highest BCUT2D eigenvalue weighted by Crippen LogP contribution is 2.54. The number of hydrogen-bond acceptors (Lipinski definition) is 9. The largest absolute Gasteiger partial charge is 0.508 e. The monoisotopic (exact) mass is 490 g/mol. The Balaban J connectivity index is 1.92. The molecule has 3 aromatic rings. The Kier molecular flexibility index (Phi) is 4.82. The summed E-state index contributed by atoms with van der Waals surface area (Å²) in [5.41, 5.74) is -2.00. The normalized spacial score (nSPS) is 13.4. The number of ketones is 2. The lowest BCUT2D eigenvalue weighted by atomic mass is 9.75. The first kappa shape index (κ1) is 22.9. The topological polar surface area (TPSA) is 179 Å². The van der Waals surface area contributed by atoms with Crippen molar-refractivity contribution in [1.82, 2.24) is 0 Å². The molecule has 0 saturated carbocycles. The number of fused-ring (bicyclic) bond motifs is 5. The molecule has 0 aromatic heterocycles. The van der Waals surface area contributed by atoms with Gasteiger partial charge in [0.15, 0.2) is 12.1 Å². The number of carbonyl (C=O) groups excluding carboxylic acids is 3. The number of aromatic hydroxyl groups is 4. The van der Waals surface area contributed by atoms with Gasteiger partial charge >= 0.3 is 5.97 Å². The summed E-state index contributed by atoms with van der Waals surface area (Å²) in [5.74, 6) is -5.84. The quantitative estimate of drug-likeness (QED) is 0.268. The summed E-state index contributed by atoms with van der Waals surface area (Å²) in [6, 6.07) is 2.31. The average molecular weight is 490 g/mol. The molecule has 10 nitrogen and oxygen atoms in total. The molecule has 0 saturated heterocycles. The molecule has 3 aromatic carbocycles. The van der Waals surface area contributed by atoms with Crippen LogP contribution in [0.15, 0.2) is 12.1 Å². The van der Waals surface area contributed by atoms with E-state index >= 15 is 0 Å². The Labute approximate surface area is 202 Å². The predicted molar refractivity (Wildman–Crippen MR) is 123 cm³/mol. The number of aldehydes is 1. The van der Waals surface area contributed by atoms with Crippen molar-refractivity contribution in [2.75, 3.05) is 7.11 Å². The zero-order valence-corrected chi connectivity index (χ0v) is 18.9. The molecule has 0 aliphatic heterocycles. The van der Waals surface area contributed by atoms with Crippen LogP contribution in [0.1, 0.15) is 69.2 Å². The maximum Gasteiger partial charge on any atom is 0.340 e. The van der Waals surface area contributed by atoms with Gasteiger partial charge in [0.05, 0.1) is 23.8 Å². The number of benzene rings is 3. The van der Waals surface area contributed by atoms with E-state index in [1.165, 1.54) is 20.1 Å². The van der Waals surface area contributed by atoms with Crippen molar-refractivity contribution in [3.63, 3.8) is 0 Å². The fourth-order valence-corrected chi connectivity index (χ4v) is 5.16. The van der Waals surface area contributed by atoms with Gasteiger partial charge in [0, 0.05) is 33.4 Å². The second-order valence-corrected chi connectivity index (χ2v) is 8.58. The van der Waals surface area contributed by atoms with Crippen LogP contribution >= 0.6 is 0 Å². The SMILES string of the molecule is COc1c2c(c(O)c3c1C(=O)c1c(cc(O)c(C)c1O)C3=O)-c1c(cc(C=O)c(C(=O)O)c1O)CC2. The van der Waals surface area contributed by atoms with Gasteiger partial charge in [0.25, 0.3) is 0 Å². The molecule has 2 aliphatic carbocycles. The fraction of sp³-hybridized carbons (Fsp3) is 0.154. The minimum Gasteiger partial charge on any atom is -0.508 e. The van der Waals surface area contributed by atoms with Crippen molar-refractivity contribution >= 4 is 23.8 Å². The molecule has 0 fully saturated rings. The molecule has 36 heavy (non-hydrogen) atoms. The van der Waals surface area contributed by atoms with Crippen molar-refractivity contribution in [2.45, 2.75) is 19.8 Å². The molecule has 0 unspecified atom stereocenters. The third kappa shape index (κ3) is 2.72. The van der Waals surface area contributed by atoms with Crippen LogP contribution in [0, 0.1) is 6.92 Å². The number of hydrogen-bond donors (Lipinski definition) is 5. The van der Waals surface area contributed by atoms with Crippen LogP contribution in [0.4, 0.5) is 0 Å². The highest BCUT2D eigenvalue weighted by atomic mass is 16.5. The van der Waals surface area contributed by atoms with Gasteiger partial charge in [-0.2, -0.15) is 0 Å². The van der Waals surface area contributed by atoms with E-state index in [9.17, 15) is 44.7 Å². The molecular weight excluding hydrogens is 472 g/mol. The van der Waals surface area contributed by atoms with Crippen molar-refractivity contribution in [2.24, 2.45) is 0 Å². The number of carbonyl (C=O) groups is 4. The summed E-state index contributed by atoms with van der Waals surface area (Å²) in [6.45, 7) is 1.37. The van der Waals surface area contributed by atoms with E-state index in [-0.39, 0.29) is 63.1 Å². The third-order valence-corrected chi connectivity index (χ3v) is 6.83. The molecule has 5 rings (SSSR count). The summed E-state index contributed by atoms with van der Waals surface area (Å²) in [6.07, 6.45) is 0.653. The van der Waals surface area contributed by atoms with E-state index in [0.717, 1.165) is 6.07 Å². The van der Waals surface area contributed by atoms with Crippen LogP contribution in [-0.2, 0) is 12.8 Å². The van der Waals surface area contributed by atoms with E-state index < -0.39 is 51.7 Å². The Morgan fingerprint density at radius 2 is 1.58 bits per heavy atom. The maximum atomic E-state index is 13.5. The number of aromatic carboxylic acids is 1. The van der Waals surface area contributed by atoms with Gasteiger partial charge in [-0.25, -0.2) is 4.79 Å². The molecule has 5 N–H and O–H groups in total. The Morgan fingerprint density at radius 1 is 0.889 bits per heavy atom. The van der Waals surface area contributed by atoms with Gasteiger partial charge < -0.3 is 30.3 Å². The zero-order valence-electron chi connectivity index (χ0n) is 18.9. The highest BCUT2D eigenvalue weighted by molar-refractivity contribution is 6.32. The number of rotatable bonds is 3. The first-order valence-electron chi connectivity index (χ1n) is 10.7. The van der Waals surface area contributed by atoms with Gasteiger partial charge in [0.1, 0.15) is 34.3 Å². The van der Waals surface area contributed by atoms with Crippen molar-refractivity contribution < 1.29 is 49.4 Å². The number of aryl methyl sites for hydroxylation is 1. The summed E-state index contributed by atoms with van der Waals surface area (Å²) in [4.78, 5) is 50.4. The number of phenolic OH excluding ortho intramolecular Hbond substituents is 3. The van der Waals surface area contributed by atoms with Crippen LogP contribution in [-0.4, -0.2) is 56.5 Å². The standard InChI is InChI=1S/C26H18O10/c1-8-13(28)6-12-17(20(8)29)24(33)19-18(21(12)30)23(32)16-11(25(19)36-2)4-3-9-5-10(7-27)15(26(34)35)22(31)14(9)16/h5-7,28-29,31-32H,3-4H2,1-2H3,(H,34,35). The molecule has 2 aliphatic rings. The van der Waals surface area contributed by atoms with E-state index in [1.54, 1.807) is 0 Å². The van der Waals surface area contributed by atoms with E-state index in [4.69, 9.17) is 4.74 Å². The first-order chi connectivity index (χ1) is 17.0. The van der Waals surface area contributed by atoms with Crippen LogP contribution in [0.2, 0.25) is 0 Å². The van der Waals surface area contributed by atoms with Gasteiger partial charge in [-0.3, -0.25) is 14.4 Å². The molecule has 0 amide bonds. The summed E-state index contributed by atoms with van der Waals surface area (Å²) >= 11 is 0. The van der Waals surface area contributed by atoms with Crippen LogP contribution < -0.4 is 4.74 Å². The Bertz CT molecular complexity index is 1600. The highest BCUT2D eigenvalue weighted by Gasteiger charge is 2.42. The lowest BCUT2D eigenvalue weighted by molar-refractivity contribution is 0.0690. The predicted octanol–water partition coefficient (Wildman–Crippen LogP) is 2.88. The van der Waals surface area contributed by atoms with E-state index in [1.807, 2.05) is 0 Å².